The van der Waals surface area contributed by atoms with Gasteiger partial charge in [0, 0.05) is 10.0 Å². The van der Waals surface area contributed by atoms with Crippen molar-refractivity contribution in [1.82, 2.24) is 0 Å². The van der Waals surface area contributed by atoms with Crippen molar-refractivity contribution in [3.8, 4) is 5.75 Å². The number of hydrogen-bond acceptors (Lipinski definition) is 2. The molecule has 5 heteroatoms. The maximum atomic E-state index is 13.5. The summed E-state index contributed by atoms with van der Waals surface area (Å²) in [6.45, 7) is 1.59. The zero-order valence-corrected chi connectivity index (χ0v) is 9.58. The van der Waals surface area contributed by atoms with Crippen molar-refractivity contribution in [2.24, 2.45) is 0 Å². The first-order chi connectivity index (χ1) is 6.93. The molecule has 15 heavy (non-hydrogen) atoms. The van der Waals surface area contributed by atoms with Crippen molar-refractivity contribution < 1.29 is 19.4 Å². The first-order valence-electron chi connectivity index (χ1n) is 4.32. The molecule has 0 bridgehead atoms. The normalized spacial score (nSPS) is 12.5. The number of halogens is 2. The Labute approximate surface area is 94.7 Å². The highest BCUT2D eigenvalue weighted by Gasteiger charge is 2.19. The van der Waals surface area contributed by atoms with Gasteiger partial charge in [0.05, 0.1) is 6.42 Å². The van der Waals surface area contributed by atoms with E-state index in [9.17, 15) is 9.18 Å². The molecule has 3 nitrogen and oxygen atoms in total. The van der Waals surface area contributed by atoms with Crippen LogP contribution >= 0.6 is 15.9 Å². The fraction of sp³-hybridized carbons (Fsp3) is 0.300. The largest absolute Gasteiger partial charge is 0.505 e. The molecule has 0 heterocycles. The van der Waals surface area contributed by atoms with Crippen LogP contribution < -0.4 is 0 Å². The summed E-state index contributed by atoms with van der Waals surface area (Å²) in [6.07, 6.45) is -0.182. The third-order valence-corrected chi connectivity index (χ3v) is 2.77. The van der Waals surface area contributed by atoms with Crippen molar-refractivity contribution in [3.63, 3.8) is 0 Å². The predicted molar refractivity (Wildman–Crippen MR) is 56.4 cm³/mol. The molecule has 1 atom stereocenters. The first-order valence-corrected chi connectivity index (χ1v) is 5.11. The topological polar surface area (TPSA) is 57.5 Å². The third-order valence-electron chi connectivity index (χ3n) is 2.08. The molecule has 0 fully saturated rings. The van der Waals surface area contributed by atoms with E-state index in [4.69, 9.17) is 10.2 Å². The number of benzene rings is 1. The van der Waals surface area contributed by atoms with Crippen molar-refractivity contribution in [3.05, 3.63) is 28.0 Å². The summed E-state index contributed by atoms with van der Waals surface area (Å²) in [6, 6.07) is 2.71. The molecule has 0 aliphatic rings. The number of phenolic OH excluding ortho intramolecular Hbond substituents is 1. The van der Waals surface area contributed by atoms with Gasteiger partial charge in [0.25, 0.3) is 0 Å². The molecular weight excluding hydrogens is 267 g/mol. The summed E-state index contributed by atoms with van der Waals surface area (Å²) in [4.78, 5) is 10.5. The number of aliphatic carboxylic acids is 1. The van der Waals surface area contributed by atoms with E-state index in [0.717, 1.165) is 0 Å². The Morgan fingerprint density at radius 2 is 2.20 bits per heavy atom. The number of phenols is 1. The van der Waals surface area contributed by atoms with Gasteiger partial charge in [-0.3, -0.25) is 4.79 Å². The van der Waals surface area contributed by atoms with Crippen molar-refractivity contribution in [2.45, 2.75) is 19.3 Å². The standard InChI is InChI=1S/C10H10BrFO3/c1-5(4-8(14)15)9-6(11)2-3-7(13)10(9)12/h2-3,5,13H,4H2,1H3,(H,14,15). The van der Waals surface area contributed by atoms with Gasteiger partial charge in [-0.1, -0.05) is 22.9 Å². The van der Waals surface area contributed by atoms with Crippen LogP contribution in [0.2, 0.25) is 0 Å². The molecule has 1 aromatic carbocycles. The van der Waals surface area contributed by atoms with E-state index in [2.05, 4.69) is 15.9 Å². The van der Waals surface area contributed by atoms with E-state index in [0.29, 0.717) is 4.47 Å². The van der Waals surface area contributed by atoms with Gasteiger partial charge in [-0.05, 0) is 18.1 Å². The van der Waals surface area contributed by atoms with Crippen LogP contribution in [0.15, 0.2) is 16.6 Å². The van der Waals surface area contributed by atoms with Gasteiger partial charge >= 0.3 is 5.97 Å². The highest BCUT2D eigenvalue weighted by atomic mass is 79.9. The second kappa shape index (κ2) is 4.61. The Balaban J connectivity index is 3.12. The predicted octanol–water partition coefficient (Wildman–Crippen LogP) is 2.87. The SMILES string of the molecule is CC(CC(=O)O)c1c(Br)ccc(O)c1F. The fourth-order valence-corrected chi connectivity index (χ4v) is 2.07. The van der Waals surface area contributed by atoms with E-state index in [1.165, 1.54) is 12.1 Å². The lowest BCUT2D eigenvalue weighted by Crippen LogP contribution is -2.05. The molecule has 0 spiro atoms. The Morgan fingerprint density at radius 1 is 1.60 bits per heavy atom. The maximum Gasteiger partial charge on any atom is 0.303 e. The van der Waals surface area contributed by atoms with Crippen LogP contribution in [-0.2, 0) is 4.79 Å². The highest BCUT2D eigenvalue weighted by molar-refractivity contribution is 9.10. The number of carboxylic acid groups (broad SMARTS) is 1. The summed E-state index contributed by atoms with van der Waals surface area (Å²) < 4.78 is 14.0. The lowest BCUT2D eigenvalue weighted by atomic mass is 9.97. The zero-order chi connectivity index (χ0) is 11.6. The van der Waals surface area contributed by atoms with E-state index in [1.807, 2.05) is 0 Å². The summed E-state index contributed by atoms with van der Waals surface area (Å²) in [7, 11) is 0. The zero-order valence-electron chi connectivity index (χ0n) is 8.00. The minimum absolute atomic E-state index is 0.182. The Kier molecular flexibility index (Phi) is 3.68. The van der Waals surface area contributed by atoms with Crippen LogP contribution in [0.1, 0.15) is 24.8 Å². The summed E-state index contributed by atoms with van der Waals surface area (Å²) in [5.41, 5.74) is 0.192. The van der Waals surface area contributed by atoms with Gasteiger partial charge in [-0.15, -0.1) is 0 Å². The lowest BCUT2D eigenvalue weighted by molar-refractivity contribution is -0.137. The van der Waals surface area contributed by atoms with Gasteiger partial charge in [-0.2, -0.15) is 0 Å². The Morgan fingerprint density at radius 3 is 2.73 bits per heavy atom. The van der Waals surface area contributed by atoms with Crippen LogP contribution in [0.4, 0.5) is 4.39 Å². The highest BCUT2D eigenvalue weighted by Crippen LogP contribution is 2.33. The molecule has 0 aliphatic heterocycles. The average Bonchev–Trinajstić information content (AvgIpc) is 2.11. The van der Waals surface area contributed by atoms with Gasteiger partial charge < -0.3 is 10.2 Å². The second-order valence-electron chi connectivity index (χ2n) is 3.29. The second-order valence-corrected chi connectivity index (χ2v) is 4.15. The van der Waals surface area contributed by atoms with Crippen molar-refractivity contribution >= 4 is 21.9 Å². The number of rotatable bonds is 3. The van der Waals surface area contributed by atoms with Crippen LogP contribution in [0.5, 0.6) is 5.75 Å². The number of aromatic hydroxyl groups is 1. The molecular formula is C10H10BrFO3. The summed E-state index contributed by atoms with van der Waals surface area (Å²) >= 11 is 3.13. The smallest absolute Gasteiger partial charge is 0.303 e. The molecule has 2 N–H and O–H groups in total. The lowest BCUT2D eigenvalue weighted by Gasteiger charge is -2.13. The number of carboxylic acids is 1. The summed E-state index contributed by atoms with van der Waals surface area (Å²) in [5, 5.41) is 17.8. The van der Waals surface area contributed by atoms with Gasteiger partial charge in [-0.25, -0.2) is 4.39 Å². The maximum absolute atomic E-state index is 13.5. The van der Waals surface area contributed by atoms with Gasteiger partial charge in [0.2, 0.25) is 0 Å². The van der Waals surface area contributed by atoms with E-state index in [1.54, 1.807) is 6.92 Å². The molecule has 82 valence electrons. The van der Waals surface area contributed by atoms with Crippen LogP contribution in [0.25, 0.3) is 0 Å². The quantitative estimate of drug-likeness (QED) is 0.893. The minimum Gasteiger partial charge on any atom is -0.505 e. The van der Waals surface area contributed by atoms with E-state index < -0.39 is 23.5 Å². The van der Waals surface area contributed by atoms with E-state index >= 15 is 0 Å². The van der Waals surface area contributed by atoms with Gasteiger partial charge in [0.1, 0.15) is 0 Å². The summed E-state index contributed by atoms with van der Waals surface area (Å²) in [5.74, 6) is -2.73. The van der Waals surface area contributed by atoms with Crippen molar-refractivity contribution in [1.29, 1.82) is 0 Å². The molecule has 1 rings (SSSR count). The fourth-order valence-electron chi connectivity index (χ4n) is 1.37. The molecule has 0 aliphatic carbocycles. The minimum atomic E-state index is -1.00. The molecule has 1 aromatic rings. The van der Waals surface area contributed by atoms with Crippen LogP contribution in [0.3, 0.4) is 0 Å². The monoisotopic (exact) mass is 276 g/mol. The number of hydrogen-bond donors (Lipinski definition) is 2. The average molecular weight is 277 g/mol. The number of carbonyl (C=O) groups is 1. The van der Waals surface area contributed by atoms with E-state index in [-0.39, 0.29) is 12.0 Å². The Hall–Kier alpha value is -1.10. The van der Waals surface area contributed by atoms with Crippen LogP contribution in [-0.4, -0.2) is 16.2 Å². The van der Waals surface area contributed by atoms with Gasteiger partial charge in [0.15, 0.2) is 11.6 Å². The first kappa shape index (κ1) is 12.0. The third kappa shape index (κ3) is 2.68. The van der Waals surface area contributed by atoms with Crippen molar-refractivity contribution in [2.75, 3.05) is 0 Å². The molecule has 0 aromatic heterocycles. The molecule has 0 radical (unpaired) electrons. The molecule has 0 amide bonds. The molecule has 1 unspecified atom stereocenters. The van der Waals surface area contributed by atoms with Crippen LogP contribution in [0, 0.1) is 5.82 Å². The Bertz CT molecular complexity index is 392. The molecule has 0 saturated carbocycles. The molecule has 0 saturated heterocycles.